The number of carbonyl (C=O) groups excluding carboxylic acids is 1. The smallest absolute Gasteiger partial charge is 0.234 e. The predicted octanol–water partition coefficient (Wildman–Crippen LogP) is 2.23. The maximum Gasteiger partial charge on any atom is 0.234 e. The highest BCUT2D eigenvalue weighted by Gasteiger charge is 2.20. The molecule has 116 valence electrons. The molecule has 1 atom stereocenters. The Morgan fingerprint density at radius 1 is 1.38 bits per heavy atom. The summed E-state index contributed by atoms with van der Waals surface area (Å²) in [6.07, 6.45) is 4.49. The summed E-state index contributed by atoms with van der Waals surface area (Å²) in [5, 5.41) is 3.01. The highest BCUT2D eigenvalue weighted by Crippen LogP contribution is 2.17. The fourth-order valence-corrected chi connectivity index (χ4v) is 2.88. The fraction of sp³-hybridized carbons (Fsp3) is 0.588. The molecule has 4 nitrogen and oxygen atoms in total. The van der Waals surface area contributed by atoms with Crippen molar-refractivity contribution >= 4 is 5.91 Å². The summed E-state index contributed by atoms with van der Waals surface area (Å²) in [6.45, 7) is 4.43. The number of benzene rings is 1. The molecule has 0 aliphatic carbocycles. The molecule has 1 saturated heterocycles. The van der Waals surface area contributed by atoms with E-state index in [-0.39, 0.29) is 5.91 Å². The van der Waals surface area contributed by atoms with Crippen LogP contribution >= 0.6 is 0 Å². The Balaban J connectivity index is 1.74. The van der Waals surface area contributed by atoms with E-state index in [0.29, 0.717) is 19.1 Å². The monoisotopic (exact) mass is 290 g/mol. The van der Waals surface area contributed by atoms with Crippen molar-refractivity contribution in [1.29, 1.82) is 0 Å². The van der Waals surface area contributed by atoms with Gasteiger partial charge in [-0.15, -0.1) is 0 Å². The zero-order valence-corrected chi connectivity index (χ0v) is 13.1. The van der Waals surface area contributed by atoms with Crippen molar-refractivity contribution in [1.82, 2.24) is 10.2 Å². The van der Waals surface area contributed by atoms with E-state index in [1.807, 2.05) is 24.3 Å². The molecule has 0 unspecified atom stereocenters. The Kier molecular flexibility index (Phi) is 6.05. The van der Waals surface area contributed by atoms with E-state index < -0.39 is 0 Å². The van der Waals surface area contributed by atoms with Gasteiger partial charge in [0, 0.05) is 12.6 Å². The zero-order chi connectivity index (χ0) is 15.1. The third-order valence-electron chi connectivity index (χ3n) is 4.20. The lowest BCUT2D eigenvalue weighted by molar-refractivity contribution is -0.123. The van der Waals surface area contributed by atoms with Crippen molar-refractivity contribution in [3.8, 4) is 5.75 Å². The first-order valence-electron chi connectivity index (χ1n) is 7.83. The van der Waals surface area contributed by atoms with Crippen molar-refractivity contribution in [3.63, 3.8) is 0 Å². The second-order valence-electron chi connectivity index (χ2n) is 5.73. The number of methoxy groups -OCH3 is 1. The third-order valence-corrected chi connectivity index (χ3v) is 4.20. The number of likely N-dealkylation sites (tertiary alicyclic amines) is 1. The largest absolute Gasteiger partial charge is 0.496 e. The fourth-order valence-electron chi connectivity index (χ4n) is 2.88. The van der Waals surface area contributed by atoms with Crippen LogP contribution < -0.4 is 10.1 Å². The molecule has 0 aromatic heterocycles. The lowest BCUT2D eigenvalue weighted by atomic mass is 10.0. The van der Waals surface area contributed by atoms with Crippen molar-refractivity contribution < 1.29 is 9.53 Å². The quantitative estimate of drug-likeness (QED) is 0.873. The second kappa shape index (κ2) is 8.03. The average Bonchev–Trinajstić information content (AvgIpc) is 2.50. The third kappa shape index (κ3) is 4.74. The van der Waals surface area contributed by atoms with E-state index in [2.05, 4.69) is 17.1 Å². The number of carbonyl (C=O) groups is 1. The second-order valence-corrected chi connectivity index (χ2v) is 5.73. The van der Waals surface area contributed by atoms with Gasteiger partial charge in [-0.3, -0.25) is 9.69 Å². The summed E-state index contributed by atoms with van der Waals surface area (Å²) >= 11 is 0. The first-order valence-corrected chi connectivity index (χ1v) is 7.83. The van der Waals surface area contributed by atoms with Gasteiger partial charge in [0.25, 0.3) is 0 Å². The number of hydrogen-bond donors (Lipinski definition) is 1. The minimum absolute atomic E-state index is 0.124. The Morgan fingerprint density at radius 2 is 2.19 bits per heavy atom. The normalized spacial score (nSPS) is 19.2. The molecule has 0 bridgehead atoms. The zero-order valence-electron chi connectivity index (χ0n) is 13.1. The van der Waals surface area contributed by atoms with Crippen LogP contribution in [0.25, 0.3) is 0 Å². The van der Waals surface area contributed by atoms with Gasteiger partial charge in [-0.25, -0.2) is 0 Å². The first kappa shape index (κ1) is 15.8. The molecule has 4 heteroatoms. The summed E-state index contributed by atoms with van der Waals surface area (Å²) in [4.78, 5) is 14.3. The van der Waals surface area contributed by atoms with Gasteiger partial charge in [-0.1, -0.05) is 24.6 Å². The van der Waals surface area contributed by atoms with Crippen LogP contribution in [0.4, 0.5) is 0 Å². The van der Waals surface area contributed by atoms with Crippen LogP contribution in [-0.4, -0.2) is 43.6 Å². The molecule has 1 aliphatic heterocycles. The summed E-state index contributed by atoms with van der Waals surface area (Å²) in [7, 11) is 1.68. The van der Waals surface area contributed by atoms with Crippen molar-refractivity contribution in [2.45, 2.75) is 38.6 Å². The minimum atomic E-state index is 0.124. The van der Waals surface area contributed by atoms with Crippen molar-refractivity contribution in [2.75, 3.05) is 26.7 Å². The number of piperidine rings is 1. The number of nitrogens with one attached hydrogen (secondary N) is 1. The topological polar surface area (TPSA) is 41.6 Å². The maximum absolute atomic E-state index is 12.0. The van der Waals surface area contributed by atoms with E-state index in [1.54, 1.807) is 7.11 Å². The molecule has 1 heterocycles. The summed E-state index contributed by atoms with van der Waals surface area (Å²) < 4.78 is 5.32. The van der Waals surface area contributed by atoms with Gasteiger partial charge in [0.15, 0.2) is 0 Å². The van der Waals surface area contributed by atoms with Gasteiger partial charge in [0.2, 0.25) is 5.91 Å². The Hall–Kier alpha value is -1.55. The highest BCUT2D eigenvalue weighted by atomic mass is 16.5. The standard InChI is InChI=1S/C17H26N2O2/c1-14-7-5-6-12-19(14)13-17(20)18-11-10-15-8-3-4-9-16(15)21-2/h3-4,8-9,14H,5-7,10-13H2,1-2H3,(H,18,20)/t14-/m1/s1. The number of rotatable bonds is 6. The van der Waals surface area contributed by atoms with Crippen LogP contribution in [0.5, 0.6) is 5.75 Å². The number of ether oxygens (including phenoxy) is 1. The molecular weight excluding hydrogens is 264 g/mol. The van der Waals surface area contributed by atoms with Gasteiger partial charge in [0.1, 0.15) is 5.75 Å². The van der Waals surface area contributed by atoms with E-state index in [9.17, 15) is 4.79 Å². The Labute approximate surface area is 127 Å². The van der Waals surface area contributed by atoms with Crippen molar-refractivity contribution in [3.05, 3.63) is 29.8 Å². The molecule has 2 rings (SSSR count). The van der Waals surface area contributed by atoms with E-state index in [4.69, 9.17) is 4.74 Å². The molecule has 1 aromatic rings. The molecule has 1 N–H and O–H groups in total. The summed E-state index contributed by atoms with van der Waals surface area (Å²) in [5.74, 6) is 1.01. The highest BCUT2D eigenvalue weighted by molar-refractivity contribution is 5.78. The molecule has 1 amide bonds. The number of amides is 1. The molecule has 0 spiro atoms. The molecule has 1 aliphatic rings. The molecule has 1 fully saturated rings. The van der Waals surface area contributed by atoms with Crippen LogP contribution in [0, 0.1) is 0 Å². The Bertz CT molecular complexity index is 462. The van der Waals surface area contributed by atoms with E-state index in [0.717, 1.165) is 24.3 Å². The van der Waals surface area contributed by atoms with Gasteiger partial charge >= 0.3 is 0 Å². The molecule has 1 aromatic carbocycles. The van der Waals surface area contributed by atoms with Crippen LogP contribution in [0.1, 0.15) is 31.7 Å². The van der Waals surface area contributed by atoms with Crippen LogP contribution in [0.3, 0.4) is 0 Å². The lowest BCUT2D eigenvalue weighted by Gasteiger charge is -2.32. The summed E-state index contributed by atoms with van der Waals surface area (Å²) in [5.41, 5.74) is 1.13. The molecular formula is C17H26N2O2. The number of nitrogens with zero attached hydrogens (tertiary/aromatic N) is 1. The lowest BCUT2D eigenvalue weighted by Crippen LogP contribution is -2.44. The van der Waals surface area contributed by atoms with Gasteiger partial charge in [-0.05, 0) is 44.4 Å². The van der Waals surface area contributed by atoms with Crippen LogP contribution in [0.2, 0.25) is 0 Å². The SMILES string of the molecule is COc1ccccc1CCNC(=O)CN1CCCC[C@H]1C. The molecule has 21 heavy (non-hydrogen) atoms. The number of hydrogen-bond acceptors (Lipinski definition) is 3. The number of para-hydroxylation sites is 1. The summed E-state index contributed by atoms with van der Waals surface area (Å²) in [6, 6.07) is 8.47. The maximum atomic E-state index is 12.0. The minimum Gasteiger partial charge on any atom is -0.496 e. The van der Waals surface area contributed by atoms with E-state index in [1.165, 1.54) is 19.3 Å². The average molecular weight is 290 g/mol. The van der Waals surface area contributed by atoms with Gasteiger partial charge < -0.3 is 10.1 Å². The molecule has 0 saturated carbocycles. The van der Waals surface area contributed by atoms with Crippen LogP contribution in [-0.2, 0) is 11.2 Å². The van der Waals surface area contributed by atoms with Crippen molar-refractivity contribution in [2.24, 2.45) is 0 Å². The van der Waals surface area contributed by atoms with Crippen LogP contribution in [0.15, 0.2) is 24.3 Å². The van der Waals surface area contributed by atoms with E-state index >= 15 is 0 Å². The van der Waals surface area contributed by atoms with Gasteiger partial charge in [-0.2, -0.15) is 0 Å². The first-order chi connectivity index (χ1) is 10.2. The molecule has 0 radical (unpaired) electrons. The Morgan fingerprint density at radius 3 is 2.95 bits per heavy atom. The van der Waals surface area contributed by atoms with Gasteiger partial charge in [0.05, 0.1) is 13.7 Å². The predicted molar refractivity (Wildman–Crippen MR) is 84.6 cm³/mol.